The maximum Gasteiger partial charge on any atom is 0.178 e. The summed E-state index contributed by atoms with van der Waals surface area (Å²) >= 11 is 3.44. The summed E-state index contributed by atoms with van der Waals surface area (Å²) in [4.78, 5) is 12.1. The summed E-state index contributed by atoms with van der Waals surface area (Å²) in [6.07, 6.45) is 0. The minimum atomic E-state index is 0.689. The first kappa shape index (κ1) is 11.2. The number of aryl methyl sites for hydroxylation is 1. The Morgan fingerprint density at radius 1 is 1.17 bits per heavy atom. The van der Waals surface area contributed by atoms with E-state index in [-0.39, 0.29) is 0 Å². The summed E-state index contributed by atoms with van der Waals surface area (Å²) < 4.78 is 0.969. The lowest BCUT2D eigenvalue weighted by Crippen LogP contribution is -1.91. The zero-order valence-electron chi connectivity index (χ0n) is 9.74. The second kappa shape index (κ2) is 4.10. The highest BCUT2D eigenvalue weighted by Gasteiger charge is 2.09. The molecule has 5 heteroatoms. The number of aromatic nitrogens is 3. The van der Waals surface area contributed by atoms with Gasteiger partial charge in [0.1, 0.15) is 5.82 Å². The average molecular weight is 303 g/mol. The largest absolute Gasteiger partial charge is 0.398 e. The van der Waals surface area contributed by atoms with Crippen LogP contribution in [0.4, 0.5) is 5.69 Å². The van der Waals surface area contributed by atoms with Crippen molar-refractivity contribution < 1.29 is 0 Å². The number of H-pyrrole nitrogens is 1. The third-order valence-electron chi connectivity index (χ3n) is 2.76. The monoisotopic (exact) mass is 302 g/mol. The van der Waals surface area contributed by atoms with E-state index in [4.69, 9.17) is 5.73 Å². The SMILES string of the molecule is Cc1ccc2[nH]c(-c3cc(Br)ccc3N)nc2n1. The predicted octanol–water partition coefficient (Wildman–Crippen LogP) is 3.28. The summed E-state index contributed by atoms with van der Waals surface area (Å²) in [5, 5.41) is 0. The van der Waals surface area contributed by atoms with E-state index in [1.54, 1.807) is 0 Å². The molecule has 0 amide bonds. The lowest BCUT2D eigenvalue weighted by atomic mass is 10.2. The van der Waals surface area contributed by atoms with E-state index in [0.717, 1.165) is 27.1 Å². The Hall–Kier alpha value is -1.88. The van der Waals surface area contributed by atoms with Crippen LogP contribution in [0, 0.1) is 6.92 Å². The Kier molecular flexibility index (Phi) is 2.56. The summed E-state index contributed by atoms with van der Waals surface area (Å²) in [5.41, 5.74) is 10.1. The molecule has 0 saturated carbocycles. The highest BCUT2D eigenvalue weighted by atomic mass is 79.9. The van der Waals surface area contributed by atoms with Gasteiger partial charge in [-0.25, -0.2) is 9.97 Å². The Morgan fingerprint density at radius 2 is 2.00 bits per heavy atom. The fourth-order valence-corrected chi connectivity index (χ4v) is 2.21. The molecule has 18 heavy (non-hydrogen) atoms. The third kappa shape index (κ3) is 1.86. The van der Waals surface area contributed by atoms with Gasteiger partial charge in [-0.3, -0.25) is 0 Å². The molecular weight excluding hydrogens is 292 g/mol. The number of rotatable bonds is 1. The van der Waals surface area contributed by atoms with Gasteiger partial charge in [0.2, 0.25) is 0 Å². The van der Waals surface area contributed by atoms with Gasteiger partial charge >= 0.3 is 0 Å². The molecule has 0 bridgehead atoms. The van der Waals surface area contributed by atoms with E-state index in [1.165, 1.54) is 0 Å². The van der Waals surface area contributed by atoms with Crippen molar-refractivity contribution >= 4 is 32.8 Å². The van der Waals surface area contributed by atoms with Gasteiger partial charge in [-0.15, -0.1) is 0 Å². The van der Waals surface area contributed by atoms with E-state index in [1.807, 2.05) is 37.3 Å². The number of nitrogens with zero attached hydrogens (tertiary/aromatic N) is 2. The molecule has 0 aliphatic rings. The zero-order valence-corrected chi connectivity index (χ0v) is 11.3. The van der Waals surface area contributed by atoms with Gasteiger partial charge in [-0.1, -0.05) is 15.9 Å². The molecule has 0 aliphatic carbocycles. The number of pyridine rings is 1. The van der Waals surface area contributed by atoms with Gasteiger partial charge in [0.05, 0.1) is 5.52 Å². The third-order valence-corrected chi connectivity index (χ3v) is 3.25. The second-order valence-corrected chi connectivity index (χ2v) is 5.06. The van der Waals surface area contributed by atoms with Crippen LogP contribution in [-0.4, -0.2) is 15.0 Å². The fraction of sp³-hybridized carbons (Fsp3) is 0.0769. The number of hydrogen-bond donors (Lipinski definition) is 2. The van der Waals surface area contributed by atoms with Crippen LogP contribution in [0.25, 0.3) is 22.6 Å². The van der Waals surface area contributed by atoms with E-state index < -0.39 is 0 Å². The van der Waals surface area contributed by atoms with Crippen molar-refractivity contribution in [3.8, 4) is 11.4 Å². The summed E-state index contributed by atoms with van der Waals surface area (Å²) in [6, 6.07) is 9.63. The molecular formula is C13H11BrN4. The molecule has 0 saturated heterocycles. The first-order valence-corrected chi connectivity index (χ1v) is 6.31. The molecule has 0 radical (unpaired) electrons. The number of aromatic amines is 1. The number of nitrogen functional groups attached to an aromatic ring is 1. The number of anilines is 1. The van der Waals surface area contributed by atoms with Crippen molar-refractivity contribution in [2.24, 2.45) is 0 Å². The molecule has 0 unspecified atom stereocenters. The van der Waals surface area contributed by atoms with Gasteiger partial charge in [0.15, 0.2) is 5.65 Å². The minimum absolute atomic E-state index is 0.689. The van der Waals surface area contributed by atoms with Gasteiger partial charge in [0, 0.05) is 21.4 Å². The van der Waals surface area contributed by atoms with Gasteiger partial charge < -0.3 is 10.7 Å². The summed E-state index contributed by atoms with van der Waals surface area (Å²) in [7, 11) is 0. The molecule has 4 nitrogen and oxygen atoms in total. The fourth-order valence-electron chi connectivity index (χ4n) is 1.85. The van der Waals surface area contributed by atoms with E-state index in [0.29, 0.717) is 11.3 Å². The zero-order chi connectivity index (χ0) is 12.7. The van der Waals surface area contributed by atoms with E-state index in [9.17, 15) is 0 Å². The van der Waals surface area contributed by atoms with Crippen LogP contribution in [0.1, 0.15) is 5.69 Å². The molecule has 0 spiro atoms. The Bertz CT molecular complexity index is 733. The van der Waals surface area contributed by atoms with Crippen LogP contribution in [-0.2, 0) is 0 Å². The molecule has 1 aromatic carbocycles. The van der Waals surface area contributed by atoms with E-state index >= 15 is 0 Å². The van der Waals surface area contributed by atoms with E-state index in [2.05, 4.69) is 30.9 Å². The molecule has 3 aromatic rings. The lowest BCUT2D eigenvalue weighted by Gasteiger charge is -2.02. The van der Waals surface area contributed by atoms with Crippen LogP contribution in [0.2, 0.25) is 0 Å². The molecule has 0 atom stereocenters. The molecule has 2 heterocycles. The number of hydrogen-bond acceptors (Lipinski definition) is 3. The molecule has 0 aliphatic heterocycles. The first-order chi connectivity index (χ1) is 8.63. The van der Waals surface area contributed by atoms with Gasteiger partial charge in [-0.05, 0) is 37.3 Å². The van der Waals surface area contributed by atoms with Crippen molar-refractivity contribution in [3.63, 3.8) is 0 Å². The highest BCUT2D eigenvalue weighted by molar-refractivity contribution is 9.10. The number of nitrogens with two attached hydrogens (primary N) is 1. The number of nitrogens with one attached hydrogen (secondary N) is 1. The first-order valence-electron chi connectivity index (χ1n) is 5.52. The summed E-state index contributed by atoms with van der Waals surface area (Å²) in [5.74, 6) is 0.738. The molecule has 2 aromatic heterocycles. The normalized spacial score (nSPS) is 11.0. The van der Waals surface area contributed by atoms with Crippen LogP contribution >= 0.6 is 15.9 Å². The topological polar surface area (TPSA) is 67.6 Å². The standard InChI is InChI=1S/C13H11BrN4/c1-7-2-5-11-13(16-7)18-12(17-11)9-6-8(14)3-4-10(9)15/h2-6H,15H2,1H3,(H,16,17,18). The minimum Gasteiger partial charge on any atom is -0.398 e. The number of halogens is 1. The predicted molar refractivity (Wildman–Crippen MR) is 76.2 cm³/mol. The van der Waals surface area contributed by atoms with Crippen LogP contribution in [0.15, 0.2) is 34.8 Å². The van der Waals surface area contributed by atoms with Crippen molar-refractivity contribution in [2.75, 3.05) is 5.73 Å². The Balaban J connectivity index is 2.22. The highest BCUT2D eigenvalue weighted by Crippen LogP contribution is 2.28. The second-order valence-electron chi connectivity index (χ2n) is 4.14. The van der Waals surface area contributed by atoms with Gasteiger partial charge in [0.25, 0.3) is 0 Å². The van der Waals surface area contributed by atoms with Crippen molar-refractivity contribution in [1.82, 2.24) is 15.0 Å². The Labute approximate surface area is 112 Å². The van der Waals surface area contributed by atoms with Crippen molar-refractivity contribution in [1.29, 1.82) is 0 Å². The average Bonchev–Trinajstić information content (AvgIpc) is 2.74. The smallest absolute Gasteiger partial charge is 0.178 e. The molecule has 3 rings (SSSR count). The van der Waals surface area contributed by atoms with Crippen LogP contribution in [0.5, 0.6) is 0 Å². The maximum atomic E-state index is 5.97. The lowest BCUT2D eigenvalue weighted by molar-refractivity contribution is 1.22. The molecule has 90 valence electrons. The molecule has 3 N–H and O–H groups in total. The van der Waals surface area contributed by atoms with Crippen molar-refractivity contribution in [3.05, 3.63) is 40.5 Å². The van der Waals surface area contributed by atoms with Crippen LogP contribution < -0.4 is 5.73 Å². The molecule has 0 fully saturated rings. The Morgan fingerprint density at radius 3 is 2.83 bits per heavy atom. The van der Waals surface area contributed by atoms with Gasteiger partial charge in [-0.2, -0.15) is 0 Å². The van der Waals surface area contributed by atoms with Crippen LogP contribution in [0.3, 0.4) is 0 Å². The number of fused-ring (bicyclic) bond motifs is 1. The van der Waals surface area contributed by atoms with Crippen molar-refractivity contribution in [2.45, 2.75) is 6.92 Å². The maximum absolute atomic E-state index is 5.97. The number of benzene rings is 1. The number of imidazole rings is 1. The quantitative estimate of drug-likeness (QED) is 0.678. The summed E-state index contributed by atoms with van der Waals surface area (Å²) in [6.45, 7) is 1.95.